The number of nitrogens with zero attached hydrogens (tertiary/aromatic N) is 4. The first-order valence-electron chi connectivity index (χ1n) is 13.8. The lowest BCUT2D eigenvalue weighted by Crippen LogP contribution is -2.34. The van der Waals surface area contributed by atoms with Crippen LogP contribution in [0.25, 0.3) is 32.3 Å². The first kappa shape index (κ1) is 26.3. The van der Waals surface area contributed by atoms with Crippen LogP contribution >= 0.6 is 0 Å². The normalized spacial score (nSPS) is 11.4. The minimum absolute atomic E-state index is 0.00787. The lowest BCUT2D eigenvalue weighted by Gasteiger charge is -2.18. The maximum Gasteiger partial charge on any atom is 0.338 e. The van der Waals surface area contributed by atoms with E-state index in [0.29, 0.717) is 36.6 Å². The van der Waals surface area contributed by atoms with E-state index in [1.807, 2.05) is 13.8 Å². The van der Waals surface area contributed by atoms with Crippen molar-refractivity contribution in [2.24, 2.45) is 0 Å². The van der Waals surface area contributed by atoms with Gasteiger partial charge in [-0.3, -0.25) is 4.79 Å². The van der Waals surface area contributed by atoms with Crippen LogP contribution in [0.3, 0.4) is 0 Å². The molecule has 0 unspecified atom stereocenters. The Balaban J connectivity index is 1.09. The van der Waals surface area contributed by atoms with Gasteiger partial charge >= 0.3 is 5.97 Å². The number of hydrogen-bond acceptors (Lipinski definition) is 6. The molecule has 0 saturated carbocycles. The fraction of sp³-hybridized carbons (Fsp3) is 0.212. The molecule has 0 aliphatic carbocycles. The predicted molar refractivity (Wildman–Crippen MR) is 158 cm³/mol. The van der Waals surface area contributed by atoms with Crippen molar-refractivity contribution in [1.82, 2.24) is 19.9 Å². The monoisotopic (exact) mass is 546 g/mol. The van der Waals surface area contributed by atoms with Crippen molar-refractivity contribution in [3.8, 4) is 5.75 Å². The molecule has 1 aromatic heterocycles. The van der Waals surface area contributed by atoms with Crippen molar-refractivity contribution in [1.29, 1.82) is 0 Å². The average Bonchev–Trinajstić information content (AvgIpc) is 3.46. The second-order valence-corrected chi connectivity index (χ2v) is 9.94. The van der Waals surface area contributed by atoms with Gasteiger partial charge in [-0.1, -0.05) is 59.8 Å². The van der Waals surface area contributed by atoms with Gasteiger partial charge in [0.2, 0.25) is 0 Å². The molecule has 1 heterocycles. The minimum Gasteiger partial charge on any atom is -0.484 e. The number of rotatable bonds is 10. The Morgan fingerprint density at radius 1 is 0.829 bits per heavy atom. The fourth-order valence-electron chi connectivity index (χ4n) is 5.31. The summed E-state index contributed by atoms with van der Waals surface area (Å²) in [6.45, 7) is 5.64. The number of carbonyl (C=O) groups excluding carboxylic acids is 2. The summed E-state index contributed by atoms with van der Waals surface area (Å²) in [6.07, 6.45) is 1.80. The molecule has 1 amide bonds. The summed E-state index contributed by atoms with van der Waals surface area (Å²) >= 11 is 0. The second kappa shape index (κ2) is 11.3. The number of likely N-dealkylation sites (N-methyl/N-ethyl adjacent to an activating group) is 1. The Bertz CT molecular complexity index is 1820. The Morgan fingerprint density at radius 3 is 2.24 bits per heavy atom. The van der Waals surface area contributed by atoms with E-state index >= 15 is 0 Å². The zero-order chi connectivity index (χ0) is 28.3. The molecule has 0 N–H and O–H groups in total. The van der Waals surface area contributed by atoms with Gasteiger partial charge in [0.05, 0.1) is 18.3 Å². The molecule has 0 radical (unpaired) electrons. The number of amides is 1. The van der Waals surface area contributed by atoms with Crippen LogP contribution in [0, 0.1) is 0 Å². The maximum absolute atomic E-state index is 12.6. The first-order valence-corrected chi connectivity index (χ1v) is 13.8. The Labute approximate surface area is 237 Å². The van der Waals surface area contributed by atoms with Crippen molar-refractivity contribution in [2.75, 3.05) is 19.7 Å². The molecule has 6 aromatic rings. The van der Waals surface area contributed by atoms with E-state index in [-0.39, 0.29) is 19.1 Å². The Hall–Kier alpha value is -4.98. The number of benzene rings is 5. The van der Waals surface area contributed by atoms with Crippen LogP contribution in [-0.2, 0) is 22.7 Å². The number of esters is 1. The molecule has 206 valence electrons. The maximum atomic E-state index is 12.6. The van der Waals surface area contributed by atoms with Gasteiger partial charge in [0.15, 0.2) is 6.61 Å². The van der Waals surface area contributed by atoms with Crippen LogP contribution in [0.15, 0.2) is 85.1 Å². The van der Waals surface area contributed by atoms with Crippen LogP contribution in [0.2, 0.25) is 0 Å². The number of aromatic nitrogens is 3. The molecule has 0 atom stereocenters. The van der Waals surface area contributed by atoms with Gasteiger partial charge in [0.1, 0.15) is 18.1 Å². The van der Waals surface area contributed by atoms with E-state index in [0.717, 1.165) is 5.56 Å². The van der Waals surface area contributed by atoms with Gasteiger partial charge in [-0.05, 0) is 76.0 Å². The molecule has 0 fully saturated rings. The standard InChI is InChI=1S/C33H30N4O4/c1-3-36(4-2)30(38)21-40-28-15-12-25(13-16-28)33(39)41-20-27-19-37(35-34-27)18-26-11-10-24-9-8-22-6-5-7-23-14-17-29(26)32(24)31(22)23/h5-17,19H,3-4,18,20-21H2,1-2H3. The van der Waals surface area contributed by atoms with Crippen LogP contribution in [0.4, 0.5) is 0 Å². The van der Waals surface area contributed by atoms with Crippen molar-refractivity contribution in [2.45, 2.75) is 27.0 Å². The topological polar surface area (TPSA) is 86.5 Å². The highest BCUT2D eigenvalue weighted by Gasteiger charge is 2.14. The van der Waals surface area contributed by atoms with Gasteiger partial charge < -0.3 is 14.4 Å². The van der Waals surface area contributed by atoms with Gasteiger partial charge in [-0.25, -0.2) is 9.48 Å². The van der Waals surface area contributed by atoms with Crippen molar-refractivity contribution in [3.05, 3.63) is 102 Å². The molecule has 0 aliphatic rings. The molecule has 5 aromatic carbocycles. The van der Waals surface area contributed by atoms with Gasteiger partial charge in [-0.15, -0.1) is 5.10 Å². The van der Waals surface area contributed by atoms with Crippen LogP contribution in [0.1, 0.15) is 35.5 Å². The summed E-state index contributed by atoms with van der Waals surface area (Å²) in [7, 11) is 0. The average molecular weight is 547 g/mol. The minimum atomic E-state index is -0.475. The van der Waals surface area contributed by atoms with Crippen LogP contribution < -0.4 is 4.74 Å². The number of hydrogen-bond donors (Lipinski definition) is 0. The summed E-state index contributed by atoms with van der Waals surface area (Å²) in [6, 6.07) is 25.9. The zero-order valence-corrected chi connectivity index (χ0v) is 23.0. The Morgan fingerprint density at radius 2 is 1.51 bits per heavy atom. The highest BCUT2D eigenvalue weighted by Crippen LogP contribution is 2.36. The Kier molecular flexibility index (Phi) is 7.20. The van der Waals surface area contributed by atoms with Crippen molar-refractivity contribution in [3.63, 3.8) is 0 Å². The lowest BCUT2D eigenvalue weighted by atomic mass is 9.92. The molecule has 41 heavy (non-hydrogen) atoms. The first-order chi connectivity index (χ1) is 20.0. The summed E-state index contributed by atoms with van der Waals surface area (Å²) in [5.74, 6) is -0.0421. The summed E-state index contributed by atoms with van der Waals surface area (Å²) in [5, 5.41) is 15.9. The third-order valence-electron chi connectivity index (χ3n) is 7.46. The molecular formula is C33H30N4O4. The molecule has 6 rings (SSSR count). The van der Waals surface area contributed by atoms with E-state index in [1.54, 1.807) is 40.0 Å². The molecular weight excluding hydrogens is 516 g/mol. The third kappa shape index (κ3) is 5.28. The molecule has 0 bridgehead atoms. The number of carbonyl (C=O) groups is 2. The molecule has 8 nitrogen and oxygen atoms in total. The summed E-state index contributed by atoms with van der Waals surface area (Å²) in [5.41, 5.74) is 2.09. The number of ether oxygens (including phenoxy) is 2. The highest BCUT2D eigenvalue weighted by atomic mass is 16.5. The molecule has 0 saturated heterocycles. The zero-order valence-electron chi connectivity index (χ0n) is 23.0. The third-order valence-corrected chi connectivity index (χ3v) is 7.46. The van der Waals surface area contributed by atoms with Crippen molar-refractivity contribution >= 4 is 44.2 Å². The van der Waals surface area contributed by atoms with Crippen LogP contribution in [0.5, 0.6) is 5.75 Å². The largest absolute Gasteiger partial charge is 0.484 e. The van der Waals surface area contributed by atoms with E-state index in [2.05, 4.69) is 64.9 Å². The van der Waals surface area contributed by atoms with E-state index in [4.69, 9.17) is 9.47 Å². The van der Waals surface area contributed by atoms with Gasteiger partial charge in [0, 0.05) is 13.1 Å². The summed E-state index contributed by atoms with van der Waals surface area (Å²) < 4.78 is 12.8. The SMILES string of the molecule is CCN(CC)C(=O)COc1ccc(C(=O)OCc2cn(Cc3ccc4ccc5cccc6ccc3c4c56)nn2)cc1. The van der Waals surface area contributed by atoms with E-state index < -0.39 is 5.97 Å². The lowest BCUT2D eigenvalue weighted by molar-refractivity contribution is -0.132. The summed E-state index contributed by atoms with van der Waals surface area (Å²) in [4.78, 5) is 26.4. The highest BCUT2D eigenvalue weighted by molar-refractivity contribution is 6.23. The quantitative estimate of drug-likeness (QED) is 0.159. The molecule has 0 spiro atoms. The van der Waals surface area contributed by atoms with Gasteiger partial charge in [0.25, 0.3) is 5.91 Å². The predicted octanol–water partition coefficient (Wildman–Crippen LogP) is 5.83. The van der Waals surface area contributed by atoms with E-state index in [1.165, 1.54) is 32.3 Å². The second-order valence-electron chi connectivity index (χ2n) is 9.94. The van der Waals surface area contributed by atoms with Crippen molar-refractivity contribution < 1.29 is 19.1 Å². The van der Waals surface area contributed by atoms with Crippen LogP contribution in [-0.4, -0.2) is 51.5 Å². The fourth-order valence-corrected chi connectivity index (χ4v) is 5.31. The smallest absolute Gasteiger partial charge is 0.338 e. The molecule has 8 heteroatoms. The molecule has 0 aliphatic heterocycles. The van der Waals surface area contributed by atoms with E-state index in [9.17, 15) is 9.59 Å². The van der Waals surface area contributed by atoms with Gasteiger partial charge in [-0.2, -0.15) is 0 Å².